The summed E-state index contributed by atoms with van der Waals surface area (Å²) >= 11 is 0. The fourth-order valence-corrected chi connectivity index (χ4v) is 2.16. The summed E-state index contributed by atoms with van der Waals surface area (Å²) < 4.78 is 10.6. The van der Waals surface area contributed by atoms with Gasteiger partial charge in [-0.25, -0.2) is 0 Å². The van der Waals surface area contributed by atoms with Crippen LogP contribution in [-0.2, 0) is 4.74 Å². The molecular weight excluding hydrogens is 178 g/mol. The first kappa shape index (κ1) is 9.74. The Hall–Kier alpha value is -0.800. The summed E-state index contributed by atoms with van der Waals surface area (Å²) in [6.07, 6.45) is 5.94. The van der Waals surface area contributed by atoms with E-state index in [9.17, 15) is 0 Å². The van der Waals surface area contributed by atoms with Crippen molar-refractivity contribution in [2.75, 3.05) is 20.3 Å². The van der Waals surface area contributed by atoms with Crippen molar-refractivity contribution in [3.8, 4) is 0 Å². The maximum Gasteiger partial charge on any atom is 0.0950 e. The average molecular weight is 195 g/mol. The third kappa shape index (κ3) is 1.99. The number of rotatable bonds is 3. The molecule has 2 unspecified atom stereocenters. The third-order valence-electron chi connectivity index (χ3n) is 2.88. The molecule has 0 saturated carbocycles. The van der Waals surface area contributed by atoms with Crippen LogP contribution in [0.2, 0.25) is 0 Å². The van der Waals surface area contributed by atoms with Gasteiger partial charge >= 0.3 is 0 Å². The van der Waals surface area contributed by atoms with E-state index >= 15 is 0 Å². The fourth-order valence-electron chi connectivity index (χ4n) is 2.16. The van der Waals surface area contributed by atoms with Crippen molar-refractivity contribution in [3.63, 3.8) is 0 Å². The van der Waals surface area contributed by atoms with Crippen LogP contribution in [0.3, 0.4) is 0 Å². The second kappa shape index (κ2) is 4.62. The van der Waals surface area contributed by atoms with Gasteiger partial charge < -0.3 is 14.5 Å². The highest BCUT2D eigenvalue weighted by Gasteiger charge is 2.24. The lowest BCUT2D eigenvalue weighted by Gasteiger charge is -2.29. The van der Waals surface area contributed by atoms with Gasteiger partial charge in [0.05, 0.1) is 19.1 Å². The lowest BCUT2D eigenvalue weighted by Crippen LogP contribution is -2.31. The quantitative estimate of drug-likeness (QED) is 0.800. The number of ether oxygens (including phenoxy) is 1. The lowest BCUT2D eigenvalue weighted by molar-refractivity contribution is 0.0401. The van der Waals surface area contributed by atoms with Crippen LogP contribution in [0.15, 0.2) is 23.0 Å². The number of hydrogen-bond donors (Lipinski definition) is 1. The summed E-state index contributed by atoms with van der Waals surface area (Å²) in [7, 11) is 1.99. The van der Waals surface area contributed by atoms with E-state index in [-0.39, 0.29) is 0 Å². The molecule has 14 heavy (non-hydrogen) atoms. The molecule has 2 rings (SSSR count). The Kier molecular flexibility index (Phi) is 3.22. The molecule has 0 amide bonds. The molecule has 0 aromatic carbocycles. The smallest absolute Gasteiger partial charge is 0.0950 e. The summed E-state index contributed by atoms with van der Waals surface area (Å²) in [4.78, 5) is 0. The van der Waals surface area contributed by atoms with Crippen molar-refractivity contribution in [1.29, 1.82) is 0 Å². The Morgan fingerprint density at radius 2 is 2.50 bits per heavy atom. The highest BCUT2D eigenvalue weighted by molar-refractivity contribution is 5.12. The average Bonchev–Trinajstić information content (AvgIpc) is 2.74. The van der Waals surface area contributed by atoms with Gasteiger partial charge in [0.15, 0.2) is 0 Å². The highest BCUT2D eigenvalue weighted by Crippen LogP contribution is 2.28. The number of furan rings is 1. The molecule has 3 nitrogen and oxygen atoms in total. The third-order valence-corrected chi connectivity index (χ3v) is 2.88. The summed E-state index contributed by atoms with van der Waals surface area (Å²) in [5.41, 5.74) is 1.23. The largest absolute Gasteiger partial charge is 0.472 e. The van der Waals surface area contributed by atoms with E-state index in [4.69, 9.17) is 9.15 Å². The maximum atomic E-state index is 5.49. The maximum absolute atomic E-state index is 5.49. The molecule has 1 aliphatic rings. The lowest BCUT2D eigenvalue weighted by atomic mass is 9.90. The second-order valence-corrected chi connectivity index (χ2v) is 3.80. The van der Waals surface area contributed by atoms with Crippen molar-refractivity contribution in [3.05, 3.63) is 24.2 Å². The van der Waals surface area contributed by atoms with E-state index in [1.165, 1.54) is 18.4 Å². The van der Waals surface area contributed by atoms with Crippen LogP contribution in [0.25, 0.3) is 0 Å². The predicted molar refractivity (Wildman–Crippen MR) is 54.1 cm³/mol. The van der Waals surface area contributed by atoms with Gasteiger partial charge in [0.25, 0.3) is 0 Å². The first-order valence-corrected chi connectivity index (χ1v) is 5.19. The van der Waals surface area contributed by atoms with Crippen LogP contribution >= 0.6 is 0 Å². The van der Waals surface area contributed by atoms with E-state index < -0.39 is 0 Å². The summed E-state index contributed by atoms with van der Waals surface area (Å²) in [6, 6.07) is 2.39. The van der Waals surface area contributed by atoms with Crippen LogP contribution in [0.5, 0.6) is 0 Å². The molecule has 2 atom stereocenters. The van der Waals surface area contributed by atoms with Gasteiger partial charge in [-0.2, -0.15) is 0 Å². The molecule has 0 radical (unpaired) electrons. The van der Waals surface area contributed by atoms with Gasteiger partial charge in [0, 0.05) is 24.1 Å². The van der Waals surface area contributed by atoms with Crippen LogP contribution in [0.1, 0.15) is 24.4 Å². The van der Waals surface area contributed by atoms with Crippen LogP contribution in [0.4, 0.5) is 0 Å². The molecule has 1 fully saturated rings. The van der Waals surface area contributed by atoms with Crippen molar-refractivity contribution in [1.82, 2.24) is 5.32 Å². The zero-order valence-corrected chi connectivity index (χ0v) is 8.53. The van der Waals surface area contributed by atoms with Gasteiger partial charge in [0.1, 0.15) is 0 Å². The molecular formula is C11H17NO2. The van der Waals surface area contributed by atoms with Crippen LogP contribution in [-0.4, -0.2) is 20.3 Å². The summed E-state index contributed by atoms with van der Waals surface area (Å²) in [6.45, 7) is 1.77. The molecule has 1 aromatic rings. The van der Waals surface area contributed by atoms with E-state index in [2.05, 4.69) is 5.32 Å². The number of hydrogen-bond acceptors (Lipinski definition) is 3. The first-order valence-electron chi connectivity index (χ1n) is 5.19. The Balaban J connectivity index is 2.04. The normalized spacial score (nSPS) is 24.8. The Morgan fingerprint density at radius 1 is 1.57 bits per heavy atom. The molecule has 0 aliphatic carbocycles. The topological polar surface area (TPSA) is 34.4 Å². The van der Waals surface area contributed by atoms with Gasteiger partial charge in [-0.1, -0.05) is 0 Å². The van der Waals surface area contributed by atoms with E-state index in [0.717, 1.165) is 13.2 Å². The molecule has 2 heterocycles. The SMILES string of the molecule is CNC(c1ccoc1)C1CCCOC1. The second-order valence-electron chi connectivity index (χ2n) is 3.80. The molecule has 1 aliphatic heterocycles. The van der Waals surface area contributed by atoms with Gasteiger partial charge in [-0.15, -0.1) is 0 Å². The minimum absolute atomic E-state index is 0.369. The van der Waals surface area contributed by atoms with Crippen molar-refractivity contribution in [2.45, 2.75) is 18.9 Å². The van der Waals surface area contributed by atoms with Crippen LogP contribution < -0.4 is 5.32 Å². The van der Waals surface area contributed by atoms with Gasteiger partial charge in [-0.05, 0) is 26.0 Å². The van der Waals surface area contributed by atoms with Crippen molar-refractivity contribution in [2.24, 2.45) is 5.92 Å². The number of nitrogens with one attached hydrogen (secondary N) is 1. The zero-order chi connectivity index (χ0) is 9.80. The van der Waals surface area contributed by atoms with E-state index in [1.807, 2.05) is 19.4 Å². The van der Waals surface area contributed by atoms with Crippen LogP contribution in [0, 0.1) is 5.92 Å². The standard InChI is InChI=1S/C11H17NO2/c1-12-11(10-4-6-14-8-10)9-3-2-5-13-7-9/h4,6,8-9,11-12H,2-3,5,7H2,1H3. The molecule has 0 spiro atoms. The molecule has 1 aromatic heterocycles. The van der Waals surface area contributed by atoms with Crippen molar-refractivity contribution >= 4 is 0 Å². The van der Waals surface area contributed by atoms with Crippen molar-refractivity contribution < 1.29 is 9.15 Å². The Bertz CT molecular complexity index is 252. The first-order chi connectivity index (χ1) is 6.92. The minimum atomic E-state index is 0.369. The van der Waals surface area contributed by atoms with E-state index in [1.54, 1.807) is 6.26 Å². The van der Waals surface area contributed by atoms with Gasteiger partial charge in [0.2, 0.25) is 0 Å². The molecule has 1 saturated heterocycles. The van der Waals surface area contributed by atoms with E-state index in [0.29, 0.717) is 12.0 Å². The Morgan fingerprint density at radius 3 is 3.07 bits per heavy atom. The summed E-state index contributed by atoms with van der Waals surface area (Å²) in [5, 5.41) is 3.33. The highest BCUT2D eigenvalue weighted by atomic mass is 16.5. The molecule has 3 heteroatoms. The Labute approximate surface area is 84.4 Å². The van der Waals surface area contributed by atoms with Gasteiger partial charge in [-0.3, -0.25) is 0 Å². The minimum Gasteiger partial charge on any atom is -0.472 e. The summed E-state index contributed by atoms with van der Waals surface area (Å²) in [5.74, 6) is 0.575. The predicted octanol–water partition coefficient (Wildman–Crippen LogP) is 1.97. The fraction of sp³-hybridized carbons (Fsp3) is 0.636. The monoisotopic (exact) mass is 195 g/mol. The molecule has 78 valence electrons. The zero-order valence-electron chi connectivity index (χ0n) is 8.53. The molecule has 0 bridgehead atoms. The molecule has 1 N–H and O–H groups in total.